The molecule has 7 heteroatoms. The fraction of sp³-hybridized carbons (Fsp3) is 0.455. The molecule has 4 aliphatic rings. The van der Waals surface area contributed by atoms with Crippen LogP contribution in [0.4, 0.5) is 0 Å². The van der Waals surface area contributed by atoms with E-state index in [4.69, 9.17) is 28.4 Å². The largest absolute Gasteiger partial charge is 0.474 e. The molecule has 0 bridgehead atoms. The van der Waals surface area contributed by atoms with Gasteiger partial charge in [0, 0.05) is 36.6 Å². The van der Waals surface area contributed by atoms with Gasteiger partial charge in [-0.1, -0.05) is 13.0 Å². The van der Waals surface area contributed by atoms with E-state index in [1.54, 1.807) is 0 Å². The average Bonchev–Trinajstić information content (AvgIpc) is 3.41. The van der Waals surface area contributed by atoms with Crippen LogP contribution in [0.5, 0.6) is 28.7 Å². The predicted molar refractivity (Wildman–Crippen MR) is 103 cm³/mol. The number of fused-ring (bicyclic) bond motifs is 3. The van der Waals surface area contributed by atoms with E-state index in [9.17, 15) is 0 Å². The lowest BCUT2D eigenvalue weighted by atomic mass is 9.78. The van der Waals surface area contributed by atoms with E-state index in [1.165, 1.54) is 5.56 Å². The highest BCUT2D eigenvalue weighted by Gasteiger charge is 2.41. The topological polar surface area (TPSA) is 58.6 Å². The molecule has 0 amide bonds. The molecular weight excluding hydrogens is 374 g/mol. The Balaban J connectivity index is 1.45. The van der Waals surface area contributed by atoms with Crippen LogP contribution in [0.25, 0.3) is 0 Å². The lowest BCUT2D eigenvalue weighted by Gasteiger charge is -2.44. The van der Waals surface area contributed by atoms with Crippen LogP contribution in [0, 0.1) is 5.92 Å². The summed E-state index contributed by atoms with van der Waals surface area (Å²) in [6.07, 6.45) is -0.0396. The number of nitrogens with zero attached hydrogens (tertiary/aromatic N) is 1. The third kappa shape index (κ3) is 2.80. The summed E-state index contributed by atoms with van der Waals surface area (Å²) in [5, 5.41) is 0. The van der Waals surface area contributed by atoms with Crippen molar-refractivity contribution in [1.29, 1.82) is 0 Å². The van der Waals surface area contributed by atoms with Gasteiger partial charge in [-0.3, -0.25) is 4.90 Å². The van der Waals surface area contributed by atoms with E-state index in [0.29, 0.717) is 0 Å². The van der Waals surface area contributed by atoms with Crippen LogP contribution in [0.3, 0.4) is 0 Å². The molecule has 0 radical (unpaired) electrons. The summed E-state index contributed by atoms with van der Waals surface area (Å²) < 4.78 is 34.5. The van der Waals surface area contributed by atoms with Gasteiger partial charge in [0.2, 0.25) is 13.6 Å². The predicted octanol–water partition coefficient (Wildman–Crippen LogP) is 2.96. The summed E-state index contributed by atoms with van der Waals surface area (Å²) in [4.78, 5) is 2.38. The molecular formula is C22H23NO6. The zero-order valence-electron chi connectivity index (χ0n) is 16.3. The Morgan fingerprint density at radius 2 is 1.48 bits per heavy atom. The van der Waals surface area contributed by atoms with Gasteiger partial charge in [0.15, 0.2) is 29.2 Å². The maximum atomic E-state index is 6.53. The summed E-state index contributed by atoms with van der Waals surface area (Å²) >= 11 is 0. The smallest absolute Gasteiger partial charge is 0.231 e. The Kier molecular flexibility index (Phi) is 3.99. The molecule has 6 rings (SSSR count). The Morgan fingerprint density at radius 3 is 2.28 bits per heavy atom. The van der Waals surface area contributed by atoms with Crippen molar-refractivity contribution in [3.63, 3.8) is 0 Å². The third-order valence-corrected chi connectivity index (χ3v) is 6.22. The van der Waals surface area contributed by atoms with E-state index < -0.39 is 0 Å². The summed E-state index contributed by atoms with van der Waals surface area (Å²) in [6, 6.07) is 10.3. The van der Waals surface area contributed by atoms with Crippen LogP contribution in [0.1, 0.15) is 24.0 Å². The standard InChI is InChI=1S/C22H23NO6/c1-13-21(14-2-3-16-18(8-14)26-11-25-16)15-9-19-20(28-12-27-19)10-17(15)29-22(13)23-4-6-24-7-5-23/h2-3,8-10,13,21-22H,4-7,11-12H2,1H3/t13-,21-,22-/m0/s1. The first-order valence-electron chi connectivity index (χ1n) is 10.1. The first-order chi connectivity index (χ1) is 14.3. The van der Waals surface area contributed by atoms with Gasteiger partial charge < -0.3 is 28.4 Å². The second-order valence-electron chi connectivity index (χ2n) is 7.85. The Morgan fingerprint density at radius 1 is 0.793 bits per heavy atom. The van der Waals surface area contributed by atoms with E-state index >= 15 is 0 Å². The second kappa shape index (κ2) is 6.71. The monoisotopic (exact) mass is 397 g/mol. The lowest BCUT2D eigenvalue weighted by molar-refractivity contribution is -0.0784. The van der Waals surface area contributed by atoms with E-state index in [-0.39, 0.29) is 31.6 Å². The van der Waals surface area contributed by atoms with Gasteiger partial charge in [-0.2, -0.15) is 0 Å². The highest BCUT2D eigenvalue weighted by Crippen LogP contribution is 2.50. The van der Waals surface area contributed by atoms with Crippen LogP contribution in [0.15, 0.2) is 30.3 Å². The second-order valence-corrected chi connectivity index (χ2v) is 7.85. The van der Waals surface area contributed by atoms with Gasteiger partial charge in [-0.05, 0) is 23.8 Å². The minimum Gasteiger partial charge on any atom is -0.474 e. The van der Waals surface area contributed by atoms with Crippen molar-refractivity contribution in [3.8, 4) is 28.7 Å². The summed E-state index contributed by atoms with van der Waals surface area (Å²) in [5.41, 5.74) is 2.30. The van der Waals surface area contributed by atoms with Gasteiger partial charge in [-0.25, -0.2) is 0 Å². The van der Waals surface area contributed by atoms with Crippen LogP contribution in [0.2, 0.25) is 0 Å². The van der Waals surface area contributed by atoms with Gasteiger partial charge in [0.25, 0.3) is 0 Å². The molecule has 0 N–H and O–H groups in total. The fourth-order valence-electron chi connectivity index (χ4n) is 4.80. The molecule has 0 aliphatic carbocycles. The van der Waals surface area contributed by atoms with Crippen molar-refractivity contribution in [2.75, 3.05) is 39.9 Å². The van der Waals surface area contributed by atoms with Crippen molar-refractivity contribution in [3.05, 3.63) is 41.5 Å². The number of hydrogen-bond donors (Lipinski definition) is 0. The molecule has 4 heterocycles. The molecule has 2 aromatic carbocycles. The Labute approximate surface area is 169 Å². The molecule has 0 spiro atoms. The molecule has 1 fully saturated rings. The van der Waals surface area contributed by atoms with Crippen LogP contribution in [-0.4, -0.2) is 51.0 Å². The molecule has 1 saturated heterocycles. The Bertz CT molecular complexity index is 941. The SMILES string of the molecule is C[C@H]1[C@@H](c2ccc3c(c2)OCO3)c2cc3c(cc2O[C@@H]1N1CCOCC1)OCO3. The number of benzene rings is 2. The first-order valence-corrected chi connectivity index (χ1v) is 10.1. The number of morpholine rings is 1. The fourth-order valence-corrected chi connectivity index (χ4v) is 4.80. The maximum Gasteiger partial charge on any atom is 0.231 e. The quantitative estimate of drug-likeness (QED) is 0.772. The van der Waals surface area contributed by atoms with E-state index in [2.05, 4.69) is 30.0 Å². The van der Waals surface area contributed by atoms with Crippen molar-refractivity contribution in [2.45, 2.75) is 19.1 Å². The minimum absolute atomic E-state index is 0.0396. The summed E-state index contributed by atoms with van der Waals surface area (Å²) in [6.45, 7) is 5.96. The normalized spacial score (nSPS) is 27.4. The molecule has 7 nitrogen and oxygen atoms in total. The molecule has 29 heavy (non-hydrogen) atoms. The summed E-state index contributed by atoms with van der Waals surface area (Å²) in [5.74, 6) is 4.32. The number of ether oxygens (including phenoxy) is 6. The van der Waals surface area contributed by atoms with E-state index in [0.717, 1.165) is 60.6 Å². The van der Waals surface area contributed by atoms with Crippen LogP contribution >= 0.6 is 0 Å². The molecule has 152 valence electrons. The zero-order chi connectivity index (χ0) is 19.4. The lowest BCUT2D eigenvalue weighted by Crippen LogP contribution is -2.52. The van der Waals surface area contributed by atoms with Crippen LogP contribution in [-0.2, 0) is 4.74 Å². The van der Waals surface area contributed by atoms with Gasteiger partial charge in [0.1, 0.15) is 5.75 Å². The molecule has 0 aromatic heterocycles. The third-order valence-electron chi connectivity index (χ3n) is 6.22. The molecule has 0 saturated carbocycles. The first kappa shape index (κ1) is 17.2. The van der Waals surface area contributed by atoms with Crippen molar-refractivity contribution >= 4 is 0 Å². The molecule has 0 unspecified atom stereocenters. The van der Waals surface area contributed by atoms with Crippen LogP contribution < -0.4 is 23.7 Å². The van der Waals surface area contributed by atoms with Gasteiger partial charge >= 0.3 is 0 Å². The zero-order valence-corrected chi connectivity index (χ0v) is 16.3. The highest BCUT2D eigenvalue weighted by atomic mass is 16.7. The van der Waals surface area contributed by atoms with Crippen molar-refractivity contribution in [2.24, 2.45) is 5.92 Å². The van der Waals surface area contributed by atoms with Crippen molar-refractivity contribution < 1.29 is 28.4 Å². The molecule has 2 aromatic rings. The highest BCUT2D eigenvalue weighted by molar-refractivity contribution is 5.57. The summed E-state index contributed by atoms with van der Waals surface area (Å²) in [7, 11) is 0. The molecule has 4 aliphatic heterocycles. The van der Waals surface area contributed by atoms with Crippen molar-refractivity contribution in [1.82, 2.24) is 4.90 Å². The Hall–Kier alpha value is -2.64. The maximum absolute atomic E-state index is 6.53. The number of rotatable bonds is 2. The average molecular weight is 397 g/mol. The number of hydrogen-bond acceptors (Lipinski definition) is 7. The van der Waals surface area contributed by atoms with Gasteiger partial charge in [-0.15, -0.1) is 0 Å². The molecule has 3 atom stereocenters. The van der Waals surface area contributed by atoms with Gasteiger partial charge in [0.05, 0.1) is 13.2 Å². The minimum atomic E-state index is -0.0396. The van der Waals surface area contributed by atoms with E-state index in [1.807, 2.05) is 12.1 Å².